The third-order valence-corrected chi connectivity index (χ3v) is 3.06. The van der Waals surface area contributed by atoms with E-state index in [-0.39, 0.29) is 12.5 Å². The Labute approximate surface area is 94.7 Å². The van der Waals surface area contributed by atoms with E-state index in [2.05, 4.69) is 17.0 Å². The Morgan fingerprint density at radius 3 is 2.38 bits per heavy atom. The molecule has 1 atom stereocenters. The highest BCUT2D eigenvalue weighted by Crippen LogP contribution is 2.24. The molecule has 1 aliphatic rings. The summed E-state index contributed by atoms with van der Waals surface area (Å²) in [4.78, 5) is 12.9. The molecule has 4 nitrogen and oxygen atoms in total. The van der Waals surface area contributed by atoms with E-state index < -0.39 is 5.97 Å². The first-order chi connectivity index (χ1) is 7.70. The van der Waals surface area contributed by atoms with Crippen LogP contribution < -0.4 is 5.73 Å². The monoisotopic (exact) mass is 220 g/mol. The van der Waals surface area contributed by atoms with Crippen molar-refractivity contribution in [2.45, 2.75) is 25.6 Å². The Morgan fingerprint density at radius 2 is 1.94 bits per heavy atom. The number of nitrogens with two attached hydrogens (primary N) is 1. The first kappa shape index (κ1) is 11.1. The van der Waals surface area contributed by atoms with Crippen molar-refractivity contribution < 1.29 is 9.90 Å². The predicted octanol–water partition coefficient (Wildman–Crippen LogP) is 0.804. The van der Waals surface area contributed by atoms with Gasteiger partial charge in [0.2, 0.25) is 0 Å². The van der Waals surface area contributed by atoms with Crippen molar-refractivity contribution in [1.29, 1.82) is 0 Å². The molecule has 4 heteroatoms. The van der Waals surface area contributed by atoms with E-state index >= 15 is 0 Å². The second-order valence-corrected chi connectivity index (χ2v) is 4.16. The van der Waals surface area contributed by atoms with Crippen molar-refractivity contribution in [2.75, 3.05) is 6.54 Å². The van der Waals surface area contributed by atoms with Gasteiger partial charge in [0.05, 0.1) is 6.42 Å². The molecule has 2 rings (SSSR count). The van der Waals surface area contributed by atoms with E-state index in [1.807, 2.05) is 12.1 Å². The van der Waals surface area contributed by atoms with E-state index in [1.54, 1.807) is 0 Å². The minimum atomic E-state index is -0.786. The summed E-state index contributed by atoms with van der Waals surface area (Å²) in [6.45, 7) is 2.01. The molecule has 1 unspecified atom stereocenters. The zero-order valence-corrected chi connectivity index (χ0v) is 9.10. The van der Waals surface area contributed by atoms with Crippen molar-refractivity contribution in [1.82, 2.24) is 4.90 Å². The molecule has 3 N–H and O–H groups in total. The quantitative estimate of drug-likeness (QED) is 0.787. The normalized spacial score (nSPS) is 17.1. The van der Waals surface area contributed by atoms with Gasteiger partial charge in [-0.2, -0.15) is 0 Å². The Hall–Kier alpha value is -1.39. The lowest BCUT2D eigenvalue weighted by Crippen LogP contribution is -2.38. The van der Waals surface area contributed by atoms with E-state index in [1.165, 1.54) is 11.1 Å². The number of aliphatic carboxylic acids is 1. The van der Waals surface area contributed by atoms with Crippen molar-refractivity contribution in [2.24, 2.45) is 5.73 Å². The molecule has 0 radical (unpaired) electrons. The summed E-state index contributed by atoms with van der Waals surface area (Å²) >= 11 is 0. The molecule has 0 fully saturated rings. The van der Waals surface area contributed by atoms with Gasteiger partial charge in [-0.3, -0.25) is 9.69 Å². The van der Waals surface area contributed by atoms with Crippen LogP contribution in [0.2, 0.25) is 0 Å². The molecule has 86 valence electrons. The van der Waals surface area contributed by atoms with Gasteiger partial charge in [0.15, 0.2) is 0 Å². The molecule has 0 aliphatic carbocycles. The van der Waals surface area contributed by atoms with Crippen LogP contribution in [0.3, 0.4) is 0 Å². The maximum absolute atomic E-state index is 10.7. The summed E-state index contributed by atoms with van der Waals surface area (Å²) in [5.74, 6) is -0.786. The molecular weight excluding hydrogens is 204 g/mol. The molecule has 0 saturated carbocycles. The van der Waals surface area contributed by atoms with Crippen LogP contribution in [0.1, 0.15) is 17.5 Å². The van der Waals surface area contributed by atoms with Crippen molar-refractivity contribution in [3.05, 3.63) is 35.4 Å². The number of nitrogens with zero attached hydrogens (tertiary/aromatic N) is 1. The molecule has 0 amide bonds. The minimum Gasteiger partial charge on any atom is -0.481 e. The van der Waals surface area contributed by atoms with Crippen LogP contribution >= 0.6 is 0 Å². The highest BCUT2D eigenvalue weighted by molar-refractivity contribution is 5.67. The Balaban J connectivity index is 2.06. The number of rotatable bonds is 4. The summed E-state index contributed by atoms with van der Waals surface area (Å²) in [5.41, 5.74) is 8.20. The molecule has 1 aromatic carbocycles. The largest absolute Gasteiger partial charge is 0.481 e. The summed E-state index contributed by atoms with van der Waals surface area (Å²) in [5, 5.41) is 8.81. The highest BCUT2D eigenvalue weighted by Gasteiger charge is 2.26. The van der Waals surface area contributed by atoms with E-state index in [0.717, 1.165) is 13.1 Å². The second kappa shape index (κ2) is 4.63. The SMILES string of the molecule is NCC(CC(=O)O)N1Cc2ccccc2C1. The Kier molecular flexibility index (Phi) is 3.22. The summed E-state index contributed by atoms with van der Waals surface area (Å²) in [6, 6.07) is 8.13. The first-order valence-electron chi connectivity index (χ1n) is 5.43. The molecular formula is C12H16N2O2. The fraction of sp³-hybridized carbons (Fsp3) is 0.417. The molecule has 0 aromatic heterocycles. The molecule has 1 aromatic rings. The molecule has 16 heavy (non-hydrogen) atoms. The maximum atomic E-state index is 10.7. The molecule has 1 aliphatic heterocycles. The molecule has 0 saturated heterocycles. The summed E-state index contributed by atoms with van der Waals surface area (Å²) < 4.78 is 0. The number of hydrogen-bond acceptors (Lipinski definition) is 3. The van der Waals surface area contributed by atoms with Gasteiger partial charge in [0, 0.05) is 25.7 Å². The van der Waals surface area contributed by atoms with Crippen LogP contribution in [-0.2, 0) is 17.9 Å². The smallest absolute Gasteiger partial charge is 0.304 e. The fourth-order valence-corrected chi connectivity index (χ4v) is 2.18. The number of hydrogen-bond donors (Lipinski definition) is 2. The zero-order valence-electron chi connectivity index (χ0n) is 9.10. The summed E-state index contributed by atoms with van der Waals surface area (Å²) in [7, 11) is 0. The maximum Gasteiger partial charge on any atom is 0.304 e. The highest BCUT2D eigenvalue weighted by atomic mass is 16.4. The topological polar surface area (TPSA) is 66.6 Å². The van der Waals surface area contributed by atoms with Crippen molar-refractivity contribution in [3.8, 4) is 0 Å². The second-order valence-electron chi connectivity index (χ2n) is 4.16. The molecule has 1 heterocycles. The van der Waals surface area contributed by atoms with Crippen LogP contribution in [0.5, 0.6) is 0 Å². The fourth-order valence-electron chi connectivity index (χ4n) is 2.18. The first-order valence-corrected chi connectivity index (χ1v) is 5.43. The average Bonchev–Trinajstić information content (AvgIpc) is 2.68. The van der Waals surface area contributed by atoms with E-state index in [4.69, 9.17) is 10.8 Å². The zero-order chi connectivity index (χ0) is 11.5. The van der Waals surface area contributed by atoms with Gasteiger partial charge in [0.25, 0.3) is 0 Å². The third kappa shape index (κ3) is 2.23. The molecule has 0 bridgehead atoms. The van der Waals surface area contributed by atoms with Gasteiger partial charge in [-0.25, -0.2) is 0 Å². The van der Waals surface area contributed by atoms with E-state index in [9.17, 15) is 4.79 Å². The van der Waals surface area contributed by atoms with Gasteiger partial charge in [-0.15, -0.1) is 0 Å². The van der Waals surface area contributed by atoms with Gasteiger partial charge in [0.1, 0.15) is 0 Å². The number of benzene rings is 1. The third-order valence-electron chi connectivity index (χ3n) is 3.06. The van der Waals surface area contributed by atoms with E-state index in [0.29, 0.717) is 6.54 Å². The standard InChI is InChI=1S/C12H16N2O2/c13-6-11(5-12(15)16)14-7-9-3-1-2-4-10(9)8-14/h1-4,11H,5-8,13H2,(H,15,16). The lowest BCUT2D eigenvalue weighted by molar-refractivity contribution is -0.138. The van der Waals surface area contributed by atoms with Crippen LogP contribution in [0, 0.1) is 0 Å². The average molecular weight is 220 g/mol. The van der Waals surface area contributed by atoms with Gasteiger partial charge in [-0.05, 0) is 11.1 Å². The van der Waals surface area contributed by atoms with Crippen molar-refractivity contribution in [3.63, 3.8) is 0 Å². The van der Waals surface area contributed by atoms with Crippen LogP contribution in [0.4, 0.5) is 0 Å². The summed E-state index contributed by atoms with van der Waals surface area (Å²) in [6.07, 6.45) is 0.116. The minimum absolute atomic E-state index is 0.0649. The number of fused-ring (bicyclic) bond motifs is 1. The number of carboxylic acids is 1. The van der Waals surface area contributed by atoms with Crippen LogP contribution in [-0.4, -0.2) is 28.6 Å². The van der Waals surface area contributed by atoms with Gasteiger partial charge >= 0.3 is 5.97 Å². The Morgan fingerprint density at radius 1 is 1.38 bits per heavy atom. The van der Waals surface area contributed by atoms with Crippen LogP contribution in [0.15, 0.2) is 24.3 Å². The number of carbonyl (C=O) groups is 1. The lowest BCUT2D eigenvalue weighted by atomic mass is 10.1. The van der Waals surface area contributed by atoms with Crippen molar-refractivity contribution >= 4 is 5.97 Å². The Bertz CT molecular complexity index is 367. The predicted molar refractivity (Wildman–Crippen MR) is 60.8 cm³/mol. The molecule has 0 spiro atoms. The number of carboxylic acid groups (broad SMARTS) is 1. The van der Waals surface area contributed by atoms with Crippen LogP contribution in [0.25, 0.3) is 0 Å². The lowest BCUT2D eigenvalue weighted by Gasteiger charge is -2.24. The van der Waals surface area contributed by atoms with Gasteiger partial charge < -0.3 is 10.8 Å². The van der Waals surface area contributed by atoms with Gasteiger partial charge in [-0.1, -0.05) is 24.3 Å².